The van der Waals surface area contributed by atoms with E-state index in [9.17, 15) is 14.9 Å². The van der Waals surface area contributed by atoms with Crippen molar-refractivity contribution in [2.45, 2.75) is 25.3 Å². The van der Waals surface area contributed by atoms with E-state index < -0.39 is 11.0 Å². The summed E-state index contributed by atoms with van der Waals surface area (Å²) in [5, 5.41) is 11.3. The van der Waals surface area contributed by atoms with Crippen LogP contribution in [0.15, 0.2) is 18.2 Å². The number of carbonyl (C=O) groups is 1. The van der Waals surface area contributed by atoms with Crippen molar-refractivity contribution in [2.24, 2.45) is 0 Å². The molecule has 0 bridgehead atoms. The molecule has 2 rings (SSSR count). The zero-order chi connectivity index (χ0) is 14.7. The van der Waals surface area contributed by atoms with Crippen LogP contribution in [0.3, 0.4) is 0 Å². The third kappa shape index (κ3) is 2.70. The summed E-state index contributed by atoms with van der Waals surface area (Å²) < 4.78 is 4.79. The highest BCUT2D eigenvalue weighted by molar-refractivity contribution is 6.33. The molecule has 0 amide bonds. The van der Waals surface area contributed by atoms with Crippen molar-refractivity contribution in [3.05, 3.63) is 33.3 Å². The summed E-state index contributed by atoms with van der Waals surface area (Å²) in [6.45, 7) is 0.570. The van der Waals surface area contributed by atoms with E-state index >= 15 is 0 Å². The molecular weight excluding hydrogens is 284 g/mol. The quantitative estimate of drug-likeness (QED) is 0.487. The first kappa shape index (κ1) is 14.6. The lowest BCUT2D eigenvalue weighted by molar-refractivity contribution is -0.384. The van der Waals surface area contributed by atoms with Gasteiger partial charge in [0.05, 0.1) is 12.0 Å². The number of esters is 1. The maximum Gasteiger partial charge on any atom is 0.328 e. The van der Waals surface area contributed by atoms with Crippen molar-refractivity contribution in [3.8, 4) is 0 Å². The fourth-order valence-corrected chi connectivity index (χ4v) is 2.76. The normalized spacial score (nSPS) is 18.7. The van der Waals surface area contributed by atoms with E-state index in [0.717, 1.165) is 12.8 Å². The molecule has 0 aliphatic carbocycles. The van der Waals surface area contributed by atoms with Gasteiger partial charge in [0.2, 0.25) is 0 Å². The van der Waals surface area contributed by atoms with Crippen LogP contribution >= 0.6 is 11.6 Å². The number of hydrogen-bond donors (Lipinski definition) is 0. The Bertz CT molecular complexity index is 535. The molecule has 1 aliphatic rings. The Labute approximate surface area is 121 Å². The molecule has 1 aromatic carbocycles. The van der Waals surface area contributed by atoms with Crippen molar-refractivity contribution >= 4 is 28.9 Å². The molecule has 7 heteroatoms. The second-order valence-corrected chi connectivity index (χ2v) is 5.00. The Balaban J connectivity index is 2.45. The lowest BCUT2D eigenvalue weighted by atomic mass is 10.0. The number of hydrogen-bond acceptors (Lipinski definition) is 5. The van der Waals surface area contributed by atoms with E-state index in [4.69, 9.17) is 16.3 Å². The summed E-state index contributed by atoms with van der Waals surface area (Å²) in [7, 11) is 1.32. The second-order valence-electron chi connectivity index (χ2n) is 4.59. The van der Waals surface area contributed by atoms with Gasteiger partial charge in [0.1, 0.15) is 16.8 Å². The zero-order valence-corrected chi connectivity index (χ0v) is 11.8. The number of anilines is 1. The van der Waals surface area contributed by atoms with Crippen molar-refractivity contribution in [3.63, 3.8) is 0 Å². The number of benzene rings is 1. The number of piperidine rings is 1. The molecule has 0 spiro atoms. The van der Waals surface area contributed by atoms with Crippen molar-refractivity contribution in [1.29, 1.82) is 0 Å². The lowest BCUT2D eigenvalue weighted by Gasteiger charge is -2.35. The molecule has 20 heavy (non-hydrogen) atoms. The summed E-state index contributed by atoms with van der Waals surface area (Å²) in [5.41, 5.74) is 0.211. The number of carbonyl (C=O) groups excluding carboxylic acids is 1. The predicted molar refractivity (Wildman–Crippen MR) is 75.1 cm³/mol. The Morgan fingerprint density at radius 1 is 1.50 bits per heavy atom. The number of ether oxygens (including phenoxy) is 1. The van der Waals surface area contributed by atoms with E-state index in [1.165, 1.54) is 13.2 Å². The van der Waals surface area contributed by atoms with Gasteiger partial charge in [-0.15, -0.1) is 0 Å². The summed E-state index contributed by atoms with van der Waals surface area (Å²) in [5.74, 6) is -0.376. The Hall–Kier alpha value is -1.82. The van der Waals surface area contributed by atoms with Crippen LogP contribution in [0.25, 0.3) is 0 Å². The number of methoxy groups -OCH3 is 1. The summed E-state index contributed by atoms with van der Waals surface area (Å²) in [4.78, 5) is 24.3. The van der Waals surface area contributed by atoms with Crippen LogP contribution < -0.4 is 4.90 Å². The van der Waals surface area contributed by atoms with Gasteiger partial charge in [-0.1, -0.05) is 17.7 Å². The molecule has 1 atom stereocenters. The SMILES string of the molecule is COC(=O)C1CCCCN1c1cccc(Cl)c1[N+](=O)[O-]. The number of halogens is 1. The molecule has 1 aromatic rings. The van der Waals surface area contributed by atoms with E-state index in [2.05, 4.69) is 0 Å². The molecule has 1 heterocycles. The molecule has 1 unspecified atom stereocenters. The number of rotatable bonds is 3. The first-order chi connectivity index (χ1) is 9.56. The fourth-order valence-electron chi connectivity index (χ4n) is 2.52. The number of nitrogens with zero attached hydrogens (tertiary/aromatic N) is 2. The number of nitro groups is 1. The molecule has 108 valence electrons. The van der Waals surface area contributed by atoms with Gasteiger partial charge in [-0.05, 0) is 31.4 Å². The smallest absolute Gasteiger partial charge is 0.328 e. The van der Waals surface area contributed by atoms with Gasteiger partial charge in [-0.3, -0.25) is 10.1 Å². The second kappa shape index (κ2) is 6.09. The third-order valence-corrected chi connectivity index (χ3v) is 3.74. The highest BCUT2D eigenvalue weighted by atomic mass is 35.5. The first-order valence-electron chi connectivity index (χ1n) is 6.33. The van der Waals surface area contributed by atoms with Gasteiger partial charge in [-0.2, -0.15) is 0 Å². The third-order valence-electron chi connectivity index (χ3n) is 3.43. The van der Waals surface area contributed by atoms with Crippen LogP contribution in [0.1, 0.15) is 19.3 Å². The van der Waals surface area contributed by atoms with Crippen molar-refractivity contribution in [1.82, 2.24) is 0 Å². The van der Waals surface area contributed by atoms with Gasteiger partial charge in [0, 0.05) is 6.54 Å². The summed E-state index contributed by atoms with van der Waals surface area (Å²) >= 11 is 5.92. The van der Waals surface area contributed by atoms with Gasteiger partial charge >= 0.3 is 11.7 Å². The molecule has 0 aromatic heterocycles. The molecular formula is C13H15ClN2O4. The van der Waals surface area contributed by atoms with Crippen molar-refractivity contribution in [2.75, 3.05) is 18.6 Å². The minimum atomic E-state index is -0.513. The fraction of sp³-hybridized carbons (Fsp3) is 0.462. The van der Waals surface area contributed by atoms with Gasteiger partial charge in [0.15, 0.2) is 0 Å². The summed E-state index contributed by atoms with van der Waals surface area (Å²) in [6.07, 6.45) is 2.39. The van der Waals surface area contributed by atoms with E-state index in [1.807, 2.05) is 0 Å². The van der Waals surface area contributed by atoms with E-state index in [0.29, 0.717) is 18.7 Å². The highest BCUT2D eigenvalue weighted by Crippen LogP contribution is 2.37. The van der Waals surface area contributed by atoms with Crippen LogP contribution in [0.5, 0.6) is 0 Å². The van der Waals surface area contributed by atoms with E-state index in [-0.39, 0.29) is 16.7 Å². The highest BCUT2D eigenvalue weighted by Gasteiger charge is 2.34. The Morgan fingerprint density at radius 3 is 2.90 bits per heavy atom. The van der Waals surface area contributed by atoms with Gasteiger partial charge < -0.3 is 9.64 Å². The number of para-hydroxylation sites is 1. The topological polar surface area (TPSA) is 72.7 Å². The number of nitro benzene ring substituents is 1. The maximum absolute atomic E-state index is 11.8. The van der Waals surface area contributed by atoms with Crippen molar-refractivity contribution < 1.29 is 14.5 Å². The minimum absolute atomic E-state index is 0.0710. The molecule has 0 saturated carbocycles. The molecule has 0 N–H and O–H groups in total. The van der Waals surface area contributed by atoms with E-state index in [1.54, 1.807) is 17.0 Å². The van der Waals surface area contributed by atoms with Gasteiger partial charge in [-0.25, -0.2) is 4.79 Å². The Kier molecular flexibility index (Phi) is 4.44. The molecule has 1 aliphatic heterocycles. The Morgan fingerprint density at radius 2 is 2.25 bits per heavy atom. The molecule has 1 fully saturated rings. The van der Waals surface area contributed by atoms with Crippen LogP contribution in [0.2, 0.25) is 5.02 Å². The lowest BCUT2D eigenvalue weighted by Crippen LogP contribution is -2.45. The average Bonchev–Trinajstić information content (AvgIpc) is 2.45. The standard InChI is InChI=1S/C13H15ClN2O4/c1-20-13(17)11-6-2-3-8-15(11)10-7-4-5-9(14)12(10)16(18)19/h4-5,7,11H,2-3,6,8H2,1H3. The minimum Gasteiger partial charge on any atom is -0.467 e. The van der Waals surface area contributed by atoms with Crippen LogP contribution in [0.4, 0.5) is 11.4 Å². The largest absolute Gasteiger partial charge is 0.467 e. The molecule has 0 radical (unpaired) electrons. The first-order valence-corrected chi connectivity index (χ1v) is 6.71. The monoisotopic (exact) mass is 298 g/mol. The predicted octanol–water partition coefficient (Wildman–Crippen LogP) is 2.78. The van der Waals surface area contributed by atoms with Gasteiger partial charge in [0.25, 0.3) is 0 Å². The van der Waals surface area contributed by atoms with Crippen LogP contribution in [0, 0.1) is 10.1 Å². The zero-order valence-electron chi connectivity index (χ0n) is 11.0. The summed E-state index contributed by atoms with van der Waals surface area (Å²) in [6, 6.07) is 4.24. The maximum atomic E-state index is 11.8. The molecule has 6 nitrogen and oxygen atoms in total. The average molecular weight is 299 g/mol. The van der Waals surface area contributed by atoms with Crippen LogP contribution in [-0.2, 0) is 9.53 Å². The van der Waals surface area contributed by atoms with Crippen LogP contribution in [-0.4, -0.2) is 30.6 Å². The molecule has 1 saturated heterocycles.